The van der Waals surface area contributed by atoms with E-state index < -0.39 is 29.6 Å². The molecule has 2 atom stereocenters. The first kappa shape index (κ1) is 18.6. The molecule has 124 valence electrons. The molecule has 1 amide bonds. The highest BCUT2D eigenvalue weighted by atomic mass is 79.9. The van der Waals surface area contributed by atoms with Gasteiger partial charge in [0.1, 0.15) is 11.6 Å². The van der Waals surface area contributed by atoms with Crippen molar-refractivity contribution < 1.29 is 14.3 Å². The Morgan fingerprint density at radius 3 is 2.68 bits per heavy atom. The summed E-state index contributed by atoms with van der Waals surface area (Å²) < 4.78 is 5.31. The van der Waals surface area contributed by atoms with E-state index in [1.807, 2.05) is 0 Å². The Morgan fingerprint density at radius 2 is 2.18 bits per heavy atom. The fourth-order valence-electron chi connectivity index (χ4n) is 1.74. The van der Waals surface area contributed by atoms with E-state index in [0.717, 1.165) is 5.69 Å². The van der Waals surface area contributed by atoms with Gasteiger partial charge in [0.15, 0.2) is 0 Å². The lowest BCUT2D eigenvalue weighted by atomic mass is 10.1. The van der Waals surface area contributed by atoms with Gasteiger partial charge in [0.2, 0.25) is 5.91 Å². The Labute approximate surface area is 138 Å². The molecule has 1 heterocycles. The van der Waals surface area contributed by atoms with E-state index in [1.54, 1.807) is 27.0 Å². The van der Waals surface area contributed by atoms with Crippen LogP contribution in [0.1, 0.15) is 32.9 Å². The topological polar surface area (TPSA) is 110 Å². The summed E-state index contributed by atoms with van der Waals surface area (Å²) >= 11 is 3.27. The third kappa shape index (κ3) is 6.57. The number of esters is 1. The molecule has 0 radical (unpaired) electrons. The second-order valence-corrected chi connectivity index (χ2v) is 6.75. The van der Waals surface area contributed by atoms with Gasteiger partial charge in [-0.1, -0.05) is 15.9 Å². The lowest BCUT2D eigenvalue weighted by molar-refractivity contribution is -0.158. The van der Waals surface area contributed by atoms with Crippen LogP contribution in [0.2, 0.25) is 0 Å². The summed E-state index contributed by atoms with van der Waals surface area (Å²) in [5.74, 6) is -0.861. The summed E-state index contributed by atoms with van der Waals surface area (Å²) in [5, 5.41) is 3.21. The summed E-state index contributed by atoms with van der Waals surface area (Å²) in [6.45, 7) is 5.34. The number of H-pyrrole nitrogens is 1. The molecule has 0 aromatic carbocycles. The molecule has 0 bridgehead atoms. The Kier molecular flexibility index (Phi) is 7.02. The molecule has 8 heteroatoms. The SMILES string of the molecule is CC(C)(C)OC(=O)C(CCBr)NC(=O)C(N)Cc1cnc[nH]1. The highest BCUT2D eigenvalue weighted by Crippen LogP contribution is 2.10. The molecular weight excluding hydrogens is 352 g/mol. The van der Waals surface area contributed by atoms with Crippen LogP contribution >= 0.6 is 15.9 Å². The number of rotatable bonds is 7. The molecule has 0 saturated carbocycles. The van der Waals surface area contributed by atoms with E-state index in [1.165, 1.54) is 6.33 Å². The molecule has 22 heavy (non-hydrogen) atoms. The van der Waals surface area contributed by atoms with E-state index in [-0.39, 0.29) is 0 Å². The van der Waals surface area contributed by atoms with Crippen molar-refractivity contribution in [2.45, 2.75) is 51.3 Å². The Hall–Kier alpha value is -1.41. The van der Waals surface area contributed by atoms with Crippen molar-refractivity contribution in [2.24, 2.45) is 5.73 Å². The van der Waals surface area contributed by atoms with Gasteiger partial charge < -0.3 is 20.8 Å². The monoisotopic (exact) mass is 374 g/mol. The van der Waals surface area contributed by atoms with Crippen LogP contribution in [0.15, 0.2) is 12.5 Å². The number of carbonyl (C=O) groups excluding carboxylic acids is 2. The van der Waals surface area contributed by atoms with Gasteiger partial charge in [0.25, 0.3) is 0 Å². The van der Waals surface area contributed by atoms with E-state index in [2.05, 4.69) is 31.2 Å². The van der Waals surface area contributed by atoms with Crippen molar-refractivity contribution in [3.63, 3.8) is 0 Å². The molecule has 0 fully saturated rings. The number of ether oxygens (including phenoxy) is 1. The van der Waals surface area contributed by atoms with Crippen LogP contribution in [0.4, 0.5) is 0 Å². The number of alkyl halides is 1. The summed E-state index contributed by atoms with van der Waals surface area (Å²) in [4.78, 5) is 31.0. The Bertz CT molecular complexity index is 485. The molecule has 0 spiro atoms. The minimum absolute atomic E-state index is 0.321. The zero-order valence-corrected chi connectivity index (χ0v) is 14.6. The van der Waals surface area contributed by atoms with Crippen LogP contribution in [0, 0.1) is 0 Å². The smallest absolute Gasteiger partial charge is 0.329 e. The third-order valence-corrected chi connectivity index (χ3v) is 3.19. The van der Waals surface area contributed by atoms with E-state index in [0.29, 0.717) is 18.2 Å². The molecule has 1 rings (SSSR count). The van der Waals surface area contributed by atoms with Gasteiger partial charge in [0.05, 0.1) is 12.4 Å². The largest absolute Gasteiger partial charge is 0.458 e. The van der Waals surface area contributed by atoms with Gasteiger partial charge in [-0.15, -0.1) is 0 Å². The standard InChI is InChI=1S/C14H23BrN4O3/c1-14(2,3)22-13(21)11(4-5-15)19-12(20)10(16)6-9-7-17-8-18-9/h7-8,10-11H,4-6,16H2,1-3H3,(H,17,18)(H,19,20). The van der Waals surface area contributed by atoms with Gasteiger partial charge in [-0.25, -0.2) is 9.78 Å². The molecule has 0 saturated heterocycles. The first-order valence-corrected chi connectivity index (χ1v) is 8.17. The average molecular weight is 375 g/mol. The summed E-state index contributed by atoms with van der Waals surface area (Å²) in [6.07, 6.45) is 3.88. The molecule has 1 aromatic heterocycles. The van der Waals surface area contributed by atoms with Crippen LogP contribution in [0.3, 0.4) is 0 Å². The highest BCUT2D eigenvalue weighted by molar-refractivity contribution is 9.09. The number of hydrogen-bond acceptors (Lipinski definition) is 5. The fourth-order valence-corrected chi connectivity index (χ4v) is 2.19. The van der Waals surface area contributed by atoms with Crippen LogP contribution in [-0.2, 0) is 20.7 Å². The van der Waals surface area contributed by atoms with Crippen molar-refractivity contribution in [1.29, 1.82) is 0 Å². The zero-order chi connectivity index (χ0) is 16.8. The number of nitrogens with two attached hydrogens (primary N) is 1. The summed E-state index contributed by atoms with van der Waals surface area (Å²) in [7, 11) is 0. The number of aromatic nitrogens is 2. The average Bonchev–Trinajstić information content (AvgIpc) is 2.88. The predicted octanol–water partition coefficient (Wildman–Crippen LogP) is 0.891. The maximum atomic E-state index is 12.1. The minimum Gasteiger partial charge on any atom is -0.458 e. The second-order valence-electron chi connectivity index (χ2n) is 5.96. The maximum absolute atomic E-state index is 12.1. The van der Waals surface area contributed by atoms with E-state index >= 15 is 0 Å². The maximum Gasteiger partial charge on any atom is 0.329 e. The van der Waals surface area contributed by atoms with Crippen molar-refractivity contribution in [3.05, 3.63) is 18.2 Å². The minimum atomic E-state index is -0.763. The number of nitrogens with one attached hydrogen (secondary N) is 2. The number of hydrogen-bond donors (Lipinski definition) is 3. The summed E-state index contributed by atoms with van der Waals surface area (Å²) in [6, 6.07) is -1.49. The van der Waals surface area contributed by atoms with Gasteiger partial charge >= 0.3 is 5.97 Å². The number of aromatic amines is 1. The second kappa shape index (κ2) is 8.28. The van der Waals surface area contributed by atoms with Crippen molar-refractivity contribution in [1.82, 2.24) is 15.3 Å². The number of nitrogens with zero attached hydrogens (tertiary/aromatic N) is 1. The van der Waals surface area contributed by atoms with E-state index in [4.69, 9.17) is 10.5 Å². The third-order valence-electron chi connectivity index (χ3n) is 2.74. The molecule has 1 aromatic rings. The molecule has 4 N–H and O–H groups in total. The van der Waals surface area contributed by atoms with Gasteiger partial charge in [-0.3, -0.25) is 4.79 Å². The zero-order valence-electron chi connectivity index (χ0n) is 13.1. The highest BCUT2D eigenvalue weighted by Gasteiger charge is 2.27. The quantitative estimate of drug-likeness (QED) is 0.484. The van der Waals surface area contributed by atoms with Crippen molar-refractivity contribution in [3.8, 4) is 0 Å². The molecular formula is C14H23BrN4O3. The van der Waals surface area contributed by atoms with Crippen LogP contribution in [0.5, 0.6) is 0 Å². The Morgan fingerprint density at radius 1 is 1.50 bits per heavy atom. The molecule has 2 unspecified atom stereocenters. The van der Waals surface area contributed by atoms with Crippen LogP contribution in [0.25, 0.3) is 0 Å². The van der Waals surface area contributed by atoms with Gasteiger partial charge in [-0.2, -0.15) is 0 Å². The number of imidazole rings is 1. The normalized spacial score (nSPS) is 14.2. The van der Waals surface area contributed by atoms with Crippen molar-refractivity contribution >= 4 is 27.8 Å². The van der Waals surface area contributed by atoms with Crippen LogP contribution in [-0.4, -0.2) is 44.9 Å². The molecule has 0 aliphatic carbocycles. The van der Waals surface area contributed by atoms with E-state index in [9.17, 15) is 9.59 Å². The molecule has 0 aliphatic heterocycles. The molecule has 7 nitrogen and oxygen atoms in total. The number of carbonyl (C=O) groups is 2. The fraction of sp³-hybridized carbons (Fsp3) is 0.643. The van der Waals surface area contributed by atoms with Crippen LogP contribution < -0.4 is 11.1 Å². The lowest BCUT2D eigenvalue weighted by Gasteiger charge is -2.25. The van der Waals surface area contributed by atoms with Crippen molar-refractivity contribution in [2.75, 3.05) is 5.33 Å². The summed E-state index contributed by atoms with van der Waals surface area (Å²) in [5.41, 5.74) is 6.01. The number of amides is 1. The Balaban J connectivity index is 2.61. The van der Waals surface area contributed by atoms with Gasteiger partial charge in [0, 0.05) is 23.6 Å². The first-order chi connectivity index (χ1) is 10.2. The predicted molar refractivity (Wildman–Crippen MR) is 86.5 cm³/mol. The number of halogens is 1. The van der Waals surface area contributed by atoms with Gasteiger partial charge in [-0.05, 0) is 27.2 Å². The lowest BCUT2D eigenvalue weighted by Crippen LogP contribution is -2.50. The molecule has 0 aliphatic rings. The first-order valence-electron chi connectivity index (χ1n) is 7.05.